The third kappa shape index (κ3) is 7.03. The molecule has 9 heteroatoms. The fourth-order valence-corrected chi connectivity index (χ4v) is 4.96. The highest BCUT2D eigenvalue weighted by Crippen LogP contribution is 2.35. The number of sulfone groups is 1. The maximum atomic E-state index is 12.9. The van der Waals surface area contributed by atoms with Crippen LogP contribution in [0.4, 0.5) is 6.01 Å². The van der Waals surface area contributed by atoms with Crippen LogP contribution in [0.25, 0.3) is 0 Å². The first-order valence-corrected chi connectivity index (χ1v) is 13.2. The van der Waals surface area contributed by atoms with Gasteiger partial charge in [-0.05, 0) is 43.6 Å². The molecule has 1 aromatic carbocycles. The second-order valence-electron chi connectivity index (χ2n) is 9.29. The second-order valence-corrected chi connectivity index (χ2v) is 11.2. The van der Waals surface area contributed by atoms with Crippen LogP contribution >= 0.6 is 0 Å². The van der Waals surface area contributed by atoms with Gasteiger partial charge in [0, 0.05) is 5.56 Å². The van der Waals surface area contributed by atoms with Crippen molar-refractivity contribution in [1.82, 2.24) is 10.2 Å². The first-order chi connectivity index (χ1) is 15.4. The minimum absolute atomic E-state index is 0.0288. The Bertz CT molecular complexity index is 1050. The molecule has 0 aliphatic carbocycles. The molecule has 2 unspecified atom stereocenters. The van der Waals surface area contributed by atoms with E-state index in [-0.39, 0.29) is 23.1 Å². The Hall–Kier alpha value is -2.42. The monoisotopic (exact) mass is 479 g/mol. The van der Waals surface area contributed by atoms with E-state index in [0.717, 1.165) is 30.4 Å². The fraction of sp³-hybridized carbons (Fsp3) is 0.625. The molecule has 0 spiro atoms. The molecule has 184 valence electrons. The van der Waals surface area contributed by atoms with Gasteiger partial charge in [-0.2, -0.15) is 0 Å². The molecule has 0 saturated heterocycles. The molecule has 1 amide bonds. The van der Waals surface area contributed by atoms with Crippen molar-refractivity contribution in [1.29, 1.82) is 0 Å². The zero-order valence-corrected chi connectivity index (χ0v) is 21.6. The SMILES string of the molecule is CCCC(C)CS(=O)(=O)c1nnc(NC(=O)C(CC)Oc2ccc(C)cc2C(C)(C)CC)o1. The van der Waals surface area contributed by atoms with Gasteiger partial charge in [0.2, 0.25) is 9.84 Å². The van der Waals surface area contributed by atoms with E-state index in [1.807, 2.05) is 39.8 Å². The van der Waals surface area contributed by atoms with Gasteiger partial charge in [0.25, 0.3) is 5.91 Å². The number of rotatable bonds is 12. The summed E-state index contributed by atoms with van der Waals surface area (Å²) in [4.78, 5) is 12.9. The van der Waals surface area contributed by atoms with Gasteiger partial charge >= 0.3 is 11.2 Å². The lowest BCUT2D eigenvalue weighted by Crippen LogP contribution is -2.33. The highest BCUT2D eigenvalue weighted by atomic mass is 32.2. The number of ether oxygens (including phenoxy) is 1. The molecule has 2 atom stereocenters. The highest BCUT2D eigenvalue weighted by molar-refractivity contribution is 7.91. The van der Waals surface area contributed by atoms with Crippen molar-refractivity contribution in [3.05, 3.63) is 29.3 Å². The lowest BCUT2D eigenvalue weighted by molar-refractivity contribution is -0.123. The maximum Gasteiger partial charge on any atom is 0.336 e. The molecule has 1 heterocycles. The molecule has 0 radical (unpaired) electrons. The van der Waals surface area contributed by atoms with Crippen molar-refractivity contribution in [2.75, 3.05) is 11.1 Å². The van der Waals surface area contributed by atoms with E-state index in [0.29, 0.717) is 12.2 Å². The van der Waals surface area contributed by atoms with Gasteiger partial charge in [0.15, 0.2) is 6.10 Å². The highest BCUT2D eigenvalue weighted by Gasteiger charge is 2.29. The van der Waals surface area contributed by atoms with Crippen LogP contribution in [-0.4, -0.2) is 36.4 Å². The number of carbonyl (C=O) groups excluding carboxylic acids is 1. The summed E-state index contributed by atoms with van der Waals surface area (Å²) >= 11 is 0. The Kier molecular flexibility index (Phi) is 9.05. The molecule has 2 rings (SSSR count). The van der Waals surface area contributed by atoms with Crippen molar-refractivity contribution >= 4 is 21.8 Å². The minimum Gasteiger partial charge on any atom is -0.480 e. The van der Waals surface area contributed by atoms with E-state index in [9.17, 15) is 13.2 Å². The molecular formula is C24H37N3O5S. The number of amides is 1. The molecule has 1 aromatic heterocycles. The number of carbonyl (C=O) groups is 1. The smallest absolute Gasteiger partial charge is 0.336 e. The van der Waals surface area contributed by atoms with Crippen molar-refractivity contribution in [3.8, 4) is 5.75 Å². The Labute approximate surface area is 197 Å². The van der Waals surface area contributed by atoms with Crippen LogP contribution in [0.5, 0.6) is 5.75 Å². The van der Waals surface area contributed by atoms with Gasteiger partial charge in [-0.1, -0.05) is 75.9 Å². The third-order valence-corrected chi connectivity index (χ3v) is 7.57. The molecule has 0 bridgehead atoms. The normalized spacial score (nSPS) is 14.0. The Balaban J connectivity index is 2.16. The van der Waals surface area contributed by atoms with Crippen LogP contribution in [0.3, 0.4) is 0 Å². The first kappa shape index (κ1) is 26.8. The number of nitrogens with zero attached hydrogens (tertiary/aromatic N) is 2. The molecule has 8 nitrogen and oxygen atoms in total. The molecular weight excluding hydrogens is 442 g/mol. The average molecular weight is 480 g/mol. The van der Waals surface area contributed by atoms with Gasteiger partial charge in [0.1, 0.15) is 5.75 Å². The molecule has 2 aromatic rings. The number of hydrogen-bond donors (Lipinski definition) is 1. The van der Waals surface area contributed by atoms with Gasteiger partial charge < -0.3 is 9.15 Å². The molecule has 0 aliphatic rings. The van der Waals surface area contributed by atoms with E-state index in [2.05, 4.69) is 42.4 Å². The maximum absolute atomic E-state index is 12.9. The van der Waals surface area contributed by atoms with Gasteiger partial charge in [0.05, 0.1) is 5.75 Å². The van der Waals surface area contributed by atoms with Crippen molar-refractivity contribution < 1.29 is 22.4 Å². The molecule has 33 heavy (non-hydrogen) atoms. The number of hydrogen-bond acceptors (Lipinski definition) is 7. The van der Waals surface area contributed by atoms with Crippen LogP contribution in [0.15, 0.2) is 27.8 Å². The number of aryl methyl sites for hydroxylation is 1. The van der Waals surface area contributed by atoms with Crippen LogP contribution in [0, 0.1) is 12.8 Å². The molecule has 0 saturated carbocycles. The second kappa shape index (κ2) is 11.1. The first-order valence-electron chi connectivity index (χ1n) is 11.6. The summed E-state index contributed by atoms with van der Waals surface area (Å²) in [6.07, 6.45) is 2.17. The zero-order valence-electron chi connectivity index (χ0n) is 20.8. The standard InChI is InChI=1S/C24H37N3O5S/c1-8-11-17(5)15-33(29,30)23-27-26-22(32-23)25-21(28)19(9-2)31-20-13-12-16(4)14-18(20)24(6,7)10-3/h12-14,17,19H,8-11,15H2,1-7H3,(H,25,26,28). The van der Waals surface area contributed by atoms with E-state index in [4.69, 9.17) is 9.15 Å². The molecule has 0 aliphatic heterocycles. The summed E-state index contributed by atoms with van der Waals surface area (Å²) in [5, 5.41) is 9.34. The van der Waals surface area contributed by atoms with E-state index in [1.54, 1.807) is 0 Å². The van der Waals surface area contributed by atoms with Gasteiger partial charge in [-0.15, -0.1) is 0 Å². The van der Waals surface area contributed by atoms with Crippen LogP contribution in [0.2, 0.25) is 0 Å². The predicted octanol–water partition coefficient (Wildman–Crippen LogP) is 5.07. The average Bonchev–Trinajstić information content (AvgIpc) is 3.22. The quantitative estimate of drug-likeness (QED) is 0.452. The molecule has 1 N–H and O–H groups in total. The lowest BCUT2D eigenvalue weighted by Gasteiger charge is -2.28. The fourth-order valence-electron chi connectivity index (χ4n) is 3.54. The summed E-state index contributed by atoms with van der Waals surface area (Å²) in [6, 6.07) is 5.65. The zero-order chi connectivity index (χ0) is 24.8. The Morgan fingerprint density at radius 1 is 1.21 bits per heavy atom. The minimum atomic E-state index is -3.72. The third-order valence-electron chi connectivity index (χ3n) is 5.87. The van der Waals surface area contributed by atoms with Gasteiger partial charge in [-0.25, -0.2) is 8.42 Å². The summed E-state index contributed by atoms with van der Waals surface area (Å²) in [5.74, 6) is 0.0536. The van der Waals surface area contributed by atoms with Crippen LogP contribution in [-0.2, 0) is 20.0 Å². The van der Waals surface area contributed by atoms with Crippen LogP contribution in [0.1, 0.15) is 78.4 Å². The lowest BCUT2D eigenvalue weighted by atomic mass is 9.81. The topological polar surface area (TPSA) is 111 Å². The largest absolute Gasteiger partial charge is 0.480 e. The predicted molar refractivity (Wildman–Crippen MR) is 128 cm³/mol. The van der Waals surface area contributed by atoms with E-state index >= 15 is 0 Å². The van der Waals surface area contributed by atoms with Gasteiger partial charge in [-0.3, -0.25) is 10.1 Å². The summed E-state index contributed by atoms with van der Waals surface area (Å²) in [6.45, 7) is 14.1. The molecule has 0 fully saturated rings. The number of anilines is 1. The van der Waals surface area contributed by atoms with Crippen LogP contribution < -0.4 is 10.1 Å². The summed E-state index contributed by atoms with van der Waals surface area (Å²) < 4.78 is 36.4. The Morgan fingerprint density at radius 3 is 2.52 bits per heavy atom. The number of benzene rings is 1. The van der Waals surface area contributed by atoms with Crippen molar-refractivity contribution in [2.45, 2.75) is 90.9 Å². The Morgan fingerprint density at radius 2 is 1.91 bits per heavy atom. The van der Waals surface area contributed by atoms with E-state index in [1.165, 1.54) is 0 Å². The number of aromatic nitrogens is 2. The summed E-state index contributed by atoms with van der Waals surface area (Å²) in [7, 11) is -3.72. The van der Waals surface area contributed by atoms with Crippen molar-refractivity contribution in [2.24, 2.45) is 5.92 Å². The summed E-state index contributed by atoms with van der Waals surface area (Å²) in [5.41, 5.74) is 2.02. The number of nitrogens with one attached hydrogen (secondary N) is 1. The van der Waals surface area contributed by atoms with Crippen molar-refractivity contribution in [3.63, 3.8) is 0 Å². The van der Waals surface area contributed by atoms with E-state index < -0.39 is 27.1 Å².